The van der Waals surface area contributed by atoms with E-state index in [1.807, 2.05) is 0 Å². The first-order valence-corrected chi connectivity index (χ1v) is 8.87. The highest BCUT2D eigenvalue weighted by Gasteiger charge is 2.24. The summed E-state index contributed by atoms with van der Waals surface area (Å²) in [6, 6.07) is 15.3. The number of hydrogen-bond donors (Lipinski definition) is 6. The fourth-order valence-electron chi connectivity index (χ4n) is 3.03. The highest BCUT2D eigenvalue weighted by atomic mass is 35.5. The molecule has 0 unspecified atom stereocenters. The molecule has 32 heavy (non-hydrogen) atoms. The van der Waals surface area contributed by atoms with Gasteiger partial charge in [-0.25, -0.2) is 0 Å². The maximum Gasteiger partial charge on any atom is 0.195 e. The highest BCUT2D eigenvalue weighted by molar-refractivity contribution is 6.23. The normalized spacial score (nSPS) is 9.75. The van der Waals surface area contributed by atoms with E-state index in [1.54, 1.807) is 36.4 Å². The lowest BCUT2D eigenvalue weighted by atomic mass is 9.90. The van der Waals surface area contributed by atoms with Crippen LogP contribution in [0.4, 0.5) is 11.4 Å². The van der Waals surface area contributed by atoms with Crippen LogP contribution >= 0.6 is 24.8 Å². The van der Waals surface area contributed by atoms with Crippen LogP contribution in [0, 0.1) is 10.8 Å². The smallest absolute Gasteiger partial charge is 0.195 e. The minimum atomic E-state index is -0.519. The van der Waals surface area contributed by atoms with Crippen molar-refractivity contribution in [3.05, 3.63) is 94.0 Å². The minimum absolute atomic E-state index is 0. The lowest BCUT2D eigenvalue weighted by Gasteiger charge is -2.14. The molecular formula is C22H22Cl2N6O2. The molecule has 3 aromatic rings. The van der Waals surface area contributed by atoms with Crippen LogP contribution in [0.1, 0.15) is 43.0 Å². The molecule has 0 amide bonds. The molecule has 0 bridgehead atoms. The van der Waals surface area contributed by atoms with Gasteiger partial charge in [-0.1, -0.05) is 36.4 Å². The van der Waals surface area contributed by atoms with Crippen LogP contribution in [-0.4, -0.2) is 23.2 Å². The molecule has 0 fully saturated rings. The average molecular weight is 473 g/mol. The summed E-state index contributed by atoms with van der Waals surface area (Å²) in [6.07, 6.45) is 0. The van der Waals surface area contributed by atoms with Crippen molar-refractivity contribution in [3.63, 3.8) is 0 Å². The Morgan fingerprint density at radius 3 is 1.56 bits per heavy atom. The van der Waals surface area contributed by atoms with E-state index in [2.05, 4.69) is 0 Å². The quantitative estimate of drug-likeness (QED) is 0.138. The summed E-state index contributed by atoms with van der Waals surface area (Å²) < 4.78 is 0. The number of nitrogens with two attached hydrogens (primary N) is 4. The second kappa shape index (κ2) is 10.4. The molecular weight excluding hydrogens is 451 g/mol. The fourth-order valence-corrected chi connectivity index (χ4v) is 3.03. The molecule has 166 valence electrons. The highest BCUT2D eigenvalue weighted by Crippen LogP contribution is 2.29. The number of nitrogens with one attached hydrogen (secondary N) is 2. The third-order valence-electron chi connectivity index (χ3n) is 4.62. The second-order valence-corrected chi connectivity index (χ2v) is 6.64. The van der Waals surface area contributed by atoms with Crippen molar-refractivity contribution in [1.29, 1.82) is 10.8 Å². The van der Waals surface area contributed by atoms with E-state index in [9.17, 15) is 9.59 Å². The van der Waals surface area contributed by atoms with E-state index in [1.165, 1.54) is 24.3 Å². The van der Waals surface area contributed by atoms with Gasteiger partial charge in [0.05, 0.1) is 16.9 Å². The van der Waals surface area contributed by atoms with E-state index in [-0.39, 0.29) is 70.1 Å². The summed E-state index contributed by atoms with van der Waals surface area (Å²) in [5.74, 6) is -1.36. The van der Waals surface area contributed by atoms with Crippen molar-refractivity contribution in [2.45, 2.75) is 0 Å². The first-order chi connectivity index (χ1) is 14.2. The molecule has 10 N–H and O–H groups in total. The topological polar surface area (TPSA) is 186 Å². The largest absolute Gasteiger partial charge is 0.397 e. The van der Waals surface area contributed by atoms with Crippen molar-refractivity contribution in [2.24, 2.45) is 11.5 Å². The maximum absolute atomic E-state index is 13.3. The summed E-state index contributed by atoms with van der Waals surface area (Å²) >= 11 is 0. The van der Waals surface area contributed by atoms with E-state index in [0.29, 0.717) is 11.1 Å². The second-order valence-electron chi connectivity index (χ2n) is 6.64. The summed E-state index contributed by atoms with van der Waals surface area (Å²) in [6.45, 7) is 0. The van der Waals surface area contributed by atoms with Crippen LogP contribution in [0.15, 0.2) is 60.7 Å². The lowest BCUT2D eigenvalue weighted by Crippen LogP contribution is -2.17. The van der Waals surface area contributed by atoms with Crippen molar-refractivity contribution in [1.82, 2.24) is 0 Å². The van der Waals surface area contributed by atoms with E-state index in [4.69, 9.17) is 33.8 Å². The van der Waals surface area contributed by atoms with Crippen LogP contribution in [0.2, 0.25) is 0 Å². The zero-order valence-corrected chi connectivity index (χ0v) is 18.3. The van der Waals surface area contributed by atoms with Crippen LogP contribution in [0.25, 0.3) is 0 Å². The number of carbonyl (C=O) groups excluding carboxylic acids is 2. The number of carbonyl (C=O) groups is 2. The van der Waals surface area contributed by atoms with Crippen LogP contribution in [-0.2, 0) is 0 Å². The molecule has 8 nitrogen and oxygen atoms in total. The molecule has 3 aromatic carbocycles. The number of amidine groups is 2. The number of benzene rings is 3. The van der Waals surface area contributed by atoms with Gasteiger partial charge < -0.3 is 22.9 Å². The van der Waals surface area contributed by atoms with E-state index < -0.39 is 11.6 Å². The fraction of sp³-hybridized carbons (Fsp3) is 0. The van der Waals surface area contributed by atoms with Crippen molar-refractivity contribution >= 4 is 59.4 Å². The monoisotopic (exact) mass is 472 g/mol. The first-order valence-electron chi connectivity index (χ1n) is 8.87. The van der Waals surface area contributed by atoms with Gasteiger partial charge in [0.25, 0.3) is 0 Å². The summed E-state index contributed by atoms with van der Waals surface area (Å²) in [5.41, 5.74) is 24.4. The van der Waals surface area contributed by atoms with Gasteiger partial charge in [0.2, 0.25) is 0 Å². The molecule has 0 heterocycles. The number of rotatable bonds is 6. The Bertz CT molecular complexity index is 1230. The van der Waals surface area contributed by atoms with Gasteiger partial charge in [0, 0.05) is 27.8 Å². The van der Waals surface area contributed by atoms with E-state index in [0.717, 1.165) is 0 Å². The summed E-state index contributed by atoms with van der Waals surface area (Å²) in [5, 5.41) is 15.1. The third kappa shape index (κ3) is 5.05. The Kier molecular flexibility index (Phi) is 8.52. The lowest BCUT2D eigenvalue weighted by molar-refractivity contribution is 0.100. The Balaban J connectivity index is 0.00000256. The predicted octanol–water partition coefficient (Wildman–Crippen LogP) is 2.72. The zero-order valence-electron chi connectivity index (χ0n) is 16.7. The van der Waals surface area contributed by atoms with Gasteiger partial charge in [0.1, 0.15) is 11.7 Å². The van der Waals surface area contributed by atoms with Gasteiger partial charge >= 0.3 is 0 Å². The Labute approximate surface area is 196 Å². The summed E-state index contributed by atoms with van der Waals surface area (Å²) in [4.78, 5) is 26.5. The van der Waals surface area contributed by atoms with Crippen molar-refractivity contribution in [3.8, 4) is 0 Å². The molecule has 0 aliphatic rings. The van der Waals surface area contributed by atoms with Gasteiger partial charge in [-0.2, -0.15) is 0 Å². The minimum Gasteiger partial charge on any atom is -0.397 e. The SMILES string of the molecule is Cl.Cl.N=C(N)c1cccc(C(=O)c2ccc(N)c(N)c2C(=O)c2cccc(C(=N)N)c2)c1. The Morgan fingerprint density at radius 1 is 0.656 bits per heavy atom. The van der Waals surface area contributed by atoms with Crippen LogP contribution in [0.3, 0.4) is 0 Å². The zero-order chi connectivity index (χ0) is 22.0. The number of ketones is 2. The molecule has 3 rings (SSSR count). The molecule has 0 spiro atoms. The third-order valence-corrected chi connectivity index (χ3v) is 4.62. The van der Waals surface area contributed by atoms with Crippen molar-refractivity contribution in [2.75, 3.05) is 11.5 Å². The van der Waals surface area contributed by atoms with Gasteiger partial charge in [-0.3, -0.25) is 20.4 Å². The molecule has 10 heteroatoms. The number of halogens is 2. The number of hydrogen-bond acceptors (Lipinski definition) is 6. The number of anilines is 2. The molecule has 0 aliphatic carbocycles. The Morgan fingerprint density at radius 2 is 1.09 bits per heavy atom. The van der Waals surface area contributed by atoms with Crippen LogP contribution < -0.4 is 22.9 Å². The molecule has 0 saturated carbocycles. The predicted molar refractivity (Wildman–Crippen MR) is 132 cm³/mol. The maximum atomic E-state index is 13.3. The number of nitrogen functional groups attached to an aromatic ring is 4. The first kappa shape index (κ1) is 26.2. The van der Waals surface area contributed by atoms with Crippen LogP contribution in [0.5, 0.6) is 0 Å². The molecule has 0 aromatic heterocycles. The molecule has 0 saturated heterocycles. The molecule has 0 atom stereocenters. The molecule has 0 radical (unpaired) electrons. The Hall–Kier alpha value is -3.88. The van der Waals surface area contributed by atoms with E-state index >= 15 is 0 Å². The van der Waals surface area contributed by atoms with Gasteiger partial charge in [-0.15, -0.1) is 24.8 Å². The average Bonchev–Trinajstić information content (AvgIpc) is 2.74. The van der Waals surface area contributed by atoms with Crippen molar-refractivity contribution < 1.29 is 9.59 Å². The van der Waals surface area contributed by atoms with Gasteiger partial charge in [0.15, 0.2) is 11.6 Å². The van der Waals surface area contributed by atoms with Gasteiger partial charge in [-0.05, 0) is 24.3 Å². The standard InChI is InChI=1S/C22H20N6O2.2ClH/c23-16-8-7-15(19(29)11-3-1-5-13(9-11)21(25)26)17(18(16)24)20(30)12-4-2-6-14(10-12)22(27)28;;/h1-10H,23-24H2,(H3,25,26)(H3,27,28);2*1H. The molecule has 0 aliphatic heterocycles. The summed E-state index contributed by atoms with van der Waals surface area (Å²) in [7, 11) is 0.